The molecule has 0 atom stereocenters. The van der Waals surface area contributed by atoms with Crippen molar-refractivity contribution >= 4 is 29.1 Å². The molecule has 0 nitrogen and oxygen atoms in total. The molecule has 0 aliphatic carbocycles. The Morgan fingerprint density at radius 1 is 0.550 bits per heavy atom. The molecule has 20 heavy (non-hydrogen) atoms. The van der Waals surface area contributed by atoms with E-state index in [2.05, 4.69) is 65.8 Å². The van der Waals surface area contributed by atoms with Crippen molar-refractivity contribution in [3.05, 3.63) is 0 Å². The highest BCUT2D eigenvalue weighted by atomic mass is 31.9. The smallest absolute Gasteiger partial charge is 0.0922 e. The molecule has 0 rings (SSSR count). The Bertz CT molecular complexity index is 246. The van der Waals surface area contributed by atoms with Gasteiger partial charge in [0.1, 0.15) is 0 Å². The van der Waals surface area contributed by atoms with Gasteiger partial charge in [0.15, 0.2) is 23.2 Å². The van der Waals surface area contributed by atoms with E-state index >= 15 is 0 Å². The Morgan fingerprint density at radius 2 is 0.900 bits per heavy atom. The zero-order valence-electron chi connectivity index (χ0n) is 16.2. The van der Waals surface area contributed by atoms with Crippen LogP contribution in [0.1, 0.15) is 39.0 Å². The second-order valence-electron chi connectivity index (χ2n) is 9.46. The molecule has 122 valence electrons. The van der Waals surface area contributed by atoms with Gasteiger partial charge in [0.2, 0.25) is 0 Å². The summed E-state index contributed by atoms with van der Waals surface area (Å²) in [5, 5.41) is 0. The van der Waals surface area contributed by atoms with Crippen molar-refractivity contribution in [3.63, 3.8) is 0 Å². The highest BCUT2D eigenvalue weighted by Crippen LogP contribution is 2.78. The van der Waals surface area contributed by atoms with Gasteiger partial charge in [-0.05, 0) is 65.3 Å². The minimum Gasteiger partial charge on any atom is -0.0922 e. The molecular formula is C16H42PSi3+. The van der Waals surface area contributed by atoms with Crippen LogP contribution in [0.2, 0.25) is 58.9 Å². The van der Waals surface area contributed by atoms with Gasteiger partial charge in [0.25, 0.3) is 0 Å². The van der Waals surface area contributed by atoms with Gasteiger partial charge in [0.05, 0.1) is 0 Å². The Balaban J connectivity index is 5.25. The van der Waals surface area contributed by atoms with Crippen LogP contribution in [0.25, 0.3) is 0 Å². The second kappa shape index (κ2) is 7.57. The van der Waals surface area contributed by atoms with Crippen molar-refractivity contribution in [1.82, 2.24) is 0 Å². The predicted octanol–water partition coefficient (Wildman–Crippen LogP) is 7.48. The molecule has 0 aromatic heterocycles. The third-order valence-corrected chi connectivity index (χ3v) is 71.7. The van der Waals surface area contributed by atoms with Gasteiger partial charge < -0.3 is 0 Å². The molecule has 0 heterocycles. The van der Waals surface area contributed by atoms with E-state index in [4.69, 9.17) is 0 Å². The molecule has 0 saturated carbocycles. The van der Waals surface area contributed by atoms with E-state index in [1.165, 1.54) is 32.1 Å². The predicted molar refractivity (Wildman–Crippen MR) is 111 cm³/mol. The third-order valence-electron chi connectivity index (χ3n) is 5.03. The molecule has 0 unspecified atom stereocenters. The van der Waals surface area contributed by atoms with Crippen molar-refractivity contribution in [1.29, 1.82) is 0 Å². The summed E-state index contributed by atoms with van der Waals surface area (Å²) < 4.78 is 0. The Hall–Kier alpha value is 1.08. The van der Waals surface area contributed by atoms with Crippen LogP contribution in [0.5, 0.6) is 0 Å². The van der Waals surface area contributed by atoms with Crippen LogP contribution in [0.3, 0.4) is 0 Å². The van der Waals surface area contributed by atoms with Gasteiger partial charge in [-0.3, -0.25) is 0 Å². The van der Waals surface area contributed by atoms with Gasteiger partial charge >= 0.3 is 0 Å². The highest BCUT2D eigenvalue weighted by molar-refractivity contribution is 8.47. The summed E-state index contributed by atoms with van der Waals surface area (Å²) in [6, 6.07) is 0. The lowest BCUT2D eigenvalue weighted by Gasteiger charge is -2.53. The first-order valence-corrected chi connectivity index (χ1v) is 23.7. The van der Waals surface area contributed by atoms with E-state index < -0.39 is 29.1 Å². The van der Waals surface area contributed by atoms with E-state index in [1.54, 1.807) is 6.16 Å². The minimum atomic E-state index is -1.04. The first-order valence-electron chi connectivity index (χ1n) is 8.69. The highest BCUT2D eigenvalue weighted by Gasteiger charge is 2.65. The Kier molecular flexibility index (Phi) is 7.98. The van der Waals surface area contributed by atoms with Crippen molar-refractivity contribution in [2.24, 2.45) is 0 Å². The zero-order valence-corrected chi connectivity index (χ0v) is 20.1. The normalized spacial score (nSPS) is 14.7. The van der Waals surface area contributed by atoms with Gasteiger partial charge in [-0.1, -0.05) is 38.5 Å². The van der Waals surface area contributed by atoms with E-state index in [9.17, 15) is 0 Å². The van der Waals surface area contributed by atoms with Crippen LogP contribution < -0.4 is 0 Å². The monoisotopic (exact) mass is 349 g/mol. The number of hydrogen-bond acceptors (Lipinski definition) is 0. The largest absolute Gasteiger partial charge is 0.196 e. The SMILES string of the molecule is CCCCCCC[P+]([Si](C)(C)C)([Si](C)(C)C)[Si](C)(C)C. The maximum absolute atomic E-state index is 2.71. The van der Waals surface area contributed by atoms with Crippen molar-refractivity contribution in [3.8, 4) is 0 Å². The average Bonchev–Trinajstić information content (AvgIpc) is 2.17. The topological polar surface area (TPSA) is 0 Å². The fourth-order valence-corrected chi connectivity index (χ4v) is 93.6. The van der Waals surface area contributed by atoms with E-state index in [0.717, 1.165) is 0 Å². The minimum absolute atomic E-state index is 0.680. The standard InChI is InChI=1S/C16H42PSi3/c1-11-12-13-14-15-16-17(18(2,3)4,19(5,6)7)20(8,9)10/h11-16H2,1-10H3/q+1. The fraction of sp³-hybridized carbons (Fsp3) is 1.00. The molecule has 0 aliphatic heterocycles. The molecular weight excluding hydrogens is 307 g/mol. The molecule has 0 fully saturated rings. The number of rotatable bonds is 9. The van der Waals surface area contributed by atoms with Crippen LogP contribution in [0.4, 0.5) is 0 Å². The summed E-state index contributed by atoms with van der Waals surface area (Å²) in [5.74, 6) is -0.680. The number of unbranched alkanes of at least 4 members (excludes halogenated alkanes) is 4. The summed E-state index contributed by atoms with van der Waals surface area (Å²) >= 11 is 0. The van der Waals surface area contributed by atoms with Gasteiger partial charge in [-0.2, -0.15) is 0 Å². The summed E-state index contributed by atoms with van der Waals surface area (Å²) in [4.78, 5) is 0. The van der Waals surface area contributed by atoms with E-state index in [-0.39, 0.29) is 0 Å². The third kappa shape index (κ3) is 4.79. The zero-order chi connectivity index (χ0) is 16.2. The molecule has 0 amide bonds. The van der Waals surface area contributed by atoms with E-state index in [1.807, 2.05) is 0 Å². The lowest BCUT2D eigenvalue weighted by Crippen LogP contribution is -2.52. The fourth-order valence-electron chi connectivity index (χ4n) is 4.98. The average molecular weight is 350 g/mol. The summed E-state index contributed by atoms with van der Waals surface area (Å²) in [7, 11) is -3.13. The first-order chi connectivity index (χ1) is 8.81. The van der Waals surface area contributed by atoms with Crippen LogP contribution >= 0.6 is 5.91 Å². The van der Waals surface area contributed by atoms with Crippen molar-refractivity contribution in [2.45, 2.75) is 98.0 Å². The lowest BCUT2D eigenvalue weighted by atomic mass is 10.2. The summed E-state index contributed by atoms with van der Waals surface area (Å²) in [5.41, 5.74) is 0. The molecule has 0 saturated heterocycles. The Labute approximate surface area is 133 Å². The summed E-state index contributed by atoms with van der Waals surface area (Å²) in [6.07, 6.45) is 8.97. The molecule has 4 heteroatoms. The number of hydrogen-bond donors (Lipinski definition) is 0. The van der Waals surface area contributed by atoms with Crippen LogP contribution in [-0.4, -0.2) is 29.4 Å². The Morgan fingerprint density at radius 3 is 1.20 bits per heavy atom. The second-order valence-corrected chi connectivity index (χ2v) is 47.5. The van der Waals surface area contributed by atoms with Crippen LogP contribution in [-0.2, 0) is 0 Å². The molecule has 0 N–H and O–H groups in total. The molecule has 0 radical (unpaired) electrons. The molecule has 0 aromatic carbocycles. The van der Waals surface area contributed by atoms with Crippen LogP contribution in [0.15, 0.2) is 0 Å². The maximum atomic E-state index is 2.71. The first kappa shape index (κ1) is 21.1. The molecule has 0 aromatic rings. The van der Waals surface area contributed by atoms with Crippen molar-refractivity contribution in [2.75, 3.05) is 6.16 Å². The quantitative estimate of drug-likeness (QED) is 0.230. The van der Waals surface area contributed by atoms with E-state index in [0.29, 0.717) is 0 Å². The molecule has 0 bridgehead atoms. The molecule has 0 spiro atoms. The maximum Gasteiger partial charge on any atom is 0.196 e. The van der Waals surface area contributed by atoms with Gasteiger partial charge in [-0.25, -0.2) is 0 Å². The lowest BCUT2D eigenvalue weighted by molar-refractivity contribution is 0.658. The molecule has 0 aliphatic rings. The summed E-state index contributed by atoms with van der Waals surface area (Å²) in [6.45, 7) is 26.7. The van der Waals surface area contributed by atoms with Crippen molar-refractivity contribution < 1.29 is 0 Å². The van der Waals surface area contributed by atoms with Crippen LogP contribution in [0, 0.1) is 0 Å². The van der Waals surface area contributed by atoms with Gasteiger partial charge in [-0.15, -0.1) is 0 Å². The van der Waals surface area contributed by atoms with Gasteiger partial charge in [0, 0.05) is 6.16 Å².